The summed E-state index contributed by atoms with van der Waals surface area (Å²) in [5.74, 6) is -0.490. The predicted octanol–water partition coefficient (Wildman–Crippen LogP) is 1.70. The number of amides is 1. The summed E-state index contributed by atoms with van der Waals surface area (Å²) in [6.45, 7) is 0.310. The molecule has 88 valence electrons. The van der Waals surface area contributed by atoms with Crippen molar-refractivity contribution in [2.24, 2.45) is 0 Å². The van der Waals surface area contributed by atoms with Crippen molar-refractivity contribution in [3.05, 3.63) is 47.0 Å². The first-order chi connectivity index (χ1) is 8.16. The number of nitrogens with one attached hydrogen (secondary N) is 2. The number of aromatic nitrogens is 2. The second-order valence-electron chi connectivity index (χ2n) is 3.42. The molecule has 0 unspecified atom stereocenters. The van der Waals surface area contributed by atoms with Gasteiger partial charge in [-0.05, 0) is 18.2 Å². The number of hydrogen-bond donors (Lipinski definition) is 3. The van der Waals surface area contributed by atoms with Gasteiger partial charge in [-0.1, -0.05) is 11.6 Å². The van der Waals surface area contributed by atoms with Crippen molar-refractivity contribution >= 4 is 17.5 Å². The van der Waals surface area contributed by atoms with Crippen LogP contribution in [0, 0.1) is 0 Å². The highest BCUT2D eigenvalue weighted by Crippen LogP contribution is 2.21. The number of halogens is 1. The third-order valence-electron chi connectivity index (χ3n) is 2.20. The van der Waals surface area contributed by atoms with Crippen molar-refractivity contribution in [3.8, 4) is 5.75 Å². The summed E-state index contributed by atoms with van der Waals surface area (Å²) in [6, 6.07) is 4.31. The molecule has 0 aliphatic heterocycles. The number of nitrogens with zero attached hydrogens (tertiary/aromatic N) is 1. The zero-order valence-electron chi connectivity index (χ0n) is 8.77. The van der Waals surface area contributed by atoms with E-state index in [0.717, 1.165) is 5.69 Å². The van der Waals surface area contributed by atoms with Gasteiger partial charge in [0, 0.05) is 11.2 Å². The quantitative estimate of drug-likeness (QED) is 0.777. The fourth-order valence-corrected chi connectivity index (χ4v) is 1.51. The molecule has 1 aromatic heterocycles. The third-order valence-corrected chi connectivity index (χ3v) is 2.43. The van der Waals surface area contributed by atoms with Gasteiger partial charge in [0.15, 0.2) is 0 Å². The van der Waals surface area contributed by atoms with Gasteiger partial charge in [-0.2, -0.15) is 0 Å². The first-order valence-electron chi connectivity index (χ1n) is 4.91. The lowest BCUT2D eigenvalue weighted by molar-refractivity contribution is 0.0948. The number of hydrogen-bond acceptors (Lipinski definition) is 3. The minimum Gasteiger partial charge on any atom is -0.507 e. The highest BCUT2D eigenvalue weighted by atomic mass is 35.5. The highest BCUT2D eigenvalue weighted by molar-refractivity contribution is 6.31. The number of phenols is 1. The number of aromatic hydroxyl groups is 1. The van der Waals surface area contributed by atoms with Gasteiger partial charge in [0.1, 0.15) is 5.75 Å². The number of benzene rings is 1. The standard InChI is InChI=1S/C11H10ClN3O2/c12-7-1-2-10(16)9(3-7)11(17)14-5-8-4-13-6-15-8/h1-4,6,16H,5H2,(H,13,15)(H,14,17). The first-order valence-corrected chi connectivity index (χ1v) is 5.28. The summed E-state index contributed by atoms with van der Waals surface area (Å²) in [5, 5.41) is 12.6. The van der Waals surface area contributed by atoms with Crippen LogP contribution in [-0.2, 0) is 6.54 Å². The molecule has 2 rings (SSSR count). The average Bonchev–Trinajstić information content (AvgIpc) is 2.82. The van der Waals surface area contributed by atoms with Gasteiger partial charge in [0.2, 0.25) is 0 Å². The molecule has 1 heterocycles. The van der Waals surface area contributed by atoms with Gasteiger partial charge >= 0.3 is 0 Å². The number of H-pyrrole nitrogens is 1. The van der Waals surface area contributed by atoms with Gasteiger partial charge in [-0.15, -0.1) is 0 Å². The Kier molecular flexibility index (Phi) is 3.30. The van der Waals surface area contributed by atoms with E-state index in [4.69, 9.17) is 11.6 Å². The number of phenolic OH excluding ortho intramolecular Hbond substituents is 1. The van der Waals surface area contributed by atoms with Crippen LogP contribution in [0.5, 0.6) is 5.75 Å². The lowest BCUT2D eigenvalue weighted by atomic mass is 10.2. The molecule has 0 fully saturated rings. The lowest BCUT2D eigenvalue weighted by Crippen LogP contribution is -2.23. The average molecular weight is 252 g/mol. The highest BCUT2D eigenvalue weighted by Gasteiger charge is 2.11. The Morgan fingerprint density at radius 3 is 3.06 bits per heavy atom. The van der Waals surface area contributed by atoms with Gasteiger partial charge in [-0.25, -0.2) is 4.98 Å². The van der Waals surface area contributed by atoms with Crippen molar-refractivity contribution < 1.29 is 9.90 Å². The summed E-state index contributed by atoms with van der Waals surface area (Å²) >= 11 is 5.75. The minimum absolute atomic E-state index is 0.100. The Morgan fingerprint density at radius 2 is 2.35 bits per heavy atom. The van der Waals surface area contributed by atoms with Gasteiger partial charge in [0.05, 0.1) is 24.1 Å². The Labute approximate surface area is 102 Å². The molecule has 0 spiro atoms. The molecular weight excluding hydrogens is 242 g/mol. The van der Waals surface area contributed by atoms with Gasteiger partial charge in [-0.3, -0.25) is 4.79 Å². The lowest BCUT2D eigenvalue weighted by Gasteiger charge is -2.06. The van der Waals surface area contributed by atoms with Gasteiger partial charge < -0.3 is 15.4 Å². The summed E-state index contributed by atoms with van der Waals surface area (Å²) in [4.78, 5) is 18.4. The fraction of sp³-hybridized carbons (Fsp3) is 0.0909. The van der Waals surface area contributed by atoms with Crippen LogP contribution in [0.4, 0.5) is 0 Å². The van der Waals surface area contributed by atoms with Crippen LogP contribution in [0.3, 0.4) is 0 Å². The number of aromatic amines is 1. The molecule has 0 saturated carbocycles. The Balaban J connectivity index is 2.07. The maximum atomic E-state index is 11.7. The number of carbonyl (C=O) groups excluding carboxylic acids is 1. The monoisotopic (exact) mass is 251 g/mol. The van der Waals surface area contributed by atoms with Crippen LogP contribution in [0.1, 0.15) is 16.1 Å². The molecule has 0 bridgehead atoms. The number of imidazole rings is 1. The van der Waals surface area contributed by atoms with Gasteiger partial charge in [0.25, 0.3) is 5.91 Å². The van der Waals surface area contributed by atoms with Crippen molar-refractivity contribution in [2.75, 3.05) is 0 Å². The maximum absolute atomic E-state index is 11.7. The Hall–Kier alpha value is -2.01. The second-order valence-corrected chi connectivity index (χ2v) is 3.86. The zero-order chi connectivity index (χ0) is 12.3. The molecule has 0 aliphatic carbocycles. The van der Waals surface area contributed by atoms with Crippen LogP contribution >= 0.6 is 11.6 Å². The molecule has 0 atom stereocenters. The van der Waals surface area contributed by atoms with E-state index in [-0.39, 0.29) is 17.2 Å². The first kappa shape index (κ1) is 11.5. The number of carbonyl (C=O) groups is 1. The second kappa shape index (κ2) is 4.88. The SMILES string of the molecule is O=C(NCc1cnc[nH]1)c1cc(Cl)ccc1O. The zero-order valence-corrected chi connectivity index (χ0v) is 9.53. The van der Waals surface area contributed by atoms with Crippen LogP contribution in [0.2, 0.25) is 5.02 Å². The largest absolute Gasteiger partial charge is 0.507 e. The third kappa shape index (κ3) is 2.76. The van der Waals surface area contributed by atoms with E-state index in [0.29, 0.717) is 11.6 Å². The fourth-order valence-electron chi connectivity index (χ4n) is 1.34. The van der Waals surface area contributed by atoms with Crippen LogP contribution < -0.4 is 5.32 Å². The molecule has 2 aromatic rings. The molecule has 6 heteroatoms. The van der Waals surface area contributed by atoms with E-state index in [2.05, 4.69) is 15.3 Å². The number of rotatable bonds is 3. The molecule has 1 amide bonds. The molecule has 3 N–H and O–H groups in total. The molecule has 17 heavy (non-hydrogen) atoms. The molecule has 1 aromatic carbocycles. The van der Waals surface area contributed by atoms with Crippen molar-refractivity contribution in [1.82, 2.24) is 15.3 Å². The molecule has 5 nitrogen and oxygen atoms in total. The summed E-state index contributed by atoms with van der Waals surface area (Å²) in [5.41, 5.74) is 0.928. The normalized spacial score (nSPS) is 10.2. The smallest absolute Gasteiger partial charge is 0.255 e. The van der Waals surface area contributed by atoms with E-state index < -0.39 is 0 Å². The molecule has 0 saturated heterocycles. The van der Waals surface area contributed by atoms with Crippen molar-refractivity contribution in [1.29, 1.82) is 0 Å². The van der Waals surface area contributed by atoms with Crippen LogP contribution in [0.25, 0.3) is 0 Å². The van der Waals surface area contributed by atoms with E-state index in [9.17, 15) is 9.90 Å². The predicted molar refractivity (Wildman–Crippen MR) is 62.9 cm³/mol. The Morgan fingerprint density at radius 1 is 1.53 bits per heavy atom. The van der Waals surface area contributed by atoms with E-state index in [1.165, 1.54) is 24.5 Å². The molecular formula is C11H10ClN3O2. The minimum atomic E-state index is -0.389. The summed E-state index contributed by atoms with van der Waals surface area (Å²) < 4.78 is 0. The topological polar surface area (TPSA) is 78.0 Å². The van der Waals surface area contributed by atoms with Crippen molar-refractivity contribution in [2.45, 2.75) is 6.54 Å². The molecule has 0 aliphatic rings. The van der Waals surface area contributed by atoms with E-state index >= 15 is 0 Å². The summed E-state index contributed by atoms with van der Waals surface area (Å²) in [7, 11) is 0. The molecule has 0 radical (unpaired) electrons. The van der Waals surface area contributed by atoms with E-state index in [1.807, 2.05) is 0 Å². The Bertz CT molecular complexity index is 526. The van der Waals surface area contributed by atoms with E-state index in [1.54, 1.807) is 6.20 Å². The maximum Gasteiger partial charge on any atom is 0.255 e. The van der Waals surface area contributed by atoms with Crippen LogP contribution in [0.15, 0.2) is 30.7 Å². The van der Waals surface area contributed by atoms with Crippen molar-refractivity contribution in [3.63, 3.8) is 0 Å². The van der Waals surface area contributed by atoms with Crippen LogP contribution in [-0.4, -0.2) is 21.0 Å². The summed E-state index contributed by atoms with van der Waals surface area (Å²) in [6.07, 6.45) is 3.14.